The Morgan fingerprint density at radius 1 is 1.50 bits per heavy atom. The lowest BCUT2D eigenvalue weighted by molar-refractivity contribution is 0.549. The van der Waals surface area contributed by atoms with Crippen LogP contribution in [-0.4, -0.2) is 9.36 Å². The molecular formula is C6H4IN3OS. The van der Waals surface area contributed by atoms with E-state index >= 15 is 0 Å². The van der Waals surface area contributed by atoms with Gasteiger partial charge in [-0.2, -0.15) is 9.36 Å². The highest BCUT2D eigenvalue weighted by Crippen LogP contribution is 2.22. The van der Waals surface area contributed by atoms with Gasteiger partial charge in [0.15, 0.2) is 14.7 Å². The molecule has 2 rings (SSSR count). The summed E-state index contributed by atoms with van der Waals surface area (Å²) in [5.41, 5.74) is 5.42. The van der Waals surface area contributed by atoms with Crippen LogP contribution in [-0.2, 0) is 0 Å². The molecule has 0 spiro atoms. The highest BCUT2D eigenvalue weighted by molar-refractivity contribution is 14.1. The van der Waals surface area contributed by atoms with Crippen molar-refractivity contribution in [3.8, 4) is 11.6 Å². The zero-order valence-electron chi connectivity index (χ0n) is 5.82. The van der Waals surface area contributed by atoms with E-state index in [-0.39, 0.29) is 0 Å². The van der Waals surface area contributed by atoms with E-state index in [2.05, 4.69) is 31.9 Å². The van der Waals surface area contributed by atoms with Gasteiger partial charge in [0.25, 0.3) is 0 Å². The molecule has 0 atom stereocenters. The number of hydrogen-bond donors (Lipinski definition) is 1. The Morgan fingerprint density at radius 3 is 2.83 bits per heavy atom. The standard InChI is InChI=1S/C6H4IN3OS/c7-4-2-1-3(11-4)5-9-6(8)12-10-5/h1-2H,(H2,8,9,10). The Bertz CT molecular complexity index is 359. The normalized spacial score (nSPS) is 10.4. The summed E-state index contributed by atoms with van der Waals surface area (Å²) in [7, 11) is 0. The van der Waals surface area contributed by atoms with Gasteiger partial charge in [0, 0.05) is 11.5 Å². The van der Waals surface area contributed by atoms with Crippen molar-refractivity contribution in [2.45, 2.75) is 0 Å². The fourth-order valence-corrected chi connectivity index (χ4v) is 1.62. The van der Waals surface area contributed by atoms with E-state index in [1.165, 1.54) is 0 Å². The predicted molar refractivity (Wildman–Crippen MR) is 54.7 cm³/mol. The molecule has 6 heteroatoms. The average molecular weight is 293 g/mol. The number of rotatable bonds is 1. The molecule has 0 aromatic carbocycles. The van der Waals surface area contributed by atoms with Gasteiger partial charge in [-0.1, -0.05) is 0 Å². The molecule has 2 N–H and O–H groups in total. The quantitative estimate of drug-likeness (QED) is 0.817. The maximum atomic E-state index is 5.42. The van der Waals surface area contributed by atoms with Crippen molar-refractivity contribution in [3.63, 3.8) is 0 Å². The van der Waals surface area contributed by atoms with Crippen LogP contribution in [0.15, 0.2) is 16.5 Å². The Labute approximate surface area is 86.1 Å². The lowest BCUT2D eigenvalue weighted by Crippen LogP contribution is -1.81. The topological polar surface area (TPSA) is 64.9 Å². The number of nitrogen functional groups attached to an aromatic ring is 1. The van der Waals surface area contributed by atoms with Crippen LogP contribution in [0.2, 0.25) is 0 Å². The van der Waals surface area contributed by atoms with Crippen LogP contribution in [0.5, 0.6) is 0 Å². The van der Waals surface area contributed by atoms with Crippen LogP contribution in [0, 0.1) is 3.77 Å². The van der Waals surface area contributed by atoms with Gasteiger partial charge in [0.05, 0.1) is 0 Å². The van der Waals surface area contributed by atoms with Gasteiger partial charge in [-0.3, -0.25) is 0 Å². The second-order valence-corrected chi connectivity index (χ2v) is 3.91. The van der Waals surface area contributed by atoms with Crippen LogP contribution >= 0.6 is 34.1 Å². The summed E-state index contributed by atoms with van der Waals surface area (Å²) in [6, 6.07) is 3.68. The third-order valence-corrected chi connectivity index (χ3v) is 2.36. The van der Waals surface area contributed by atoms with Crippen molar-refractivity contribution in [1.82, 2.24) is 9.36 Å². The van der Waals surface area contributed by atoms with Crippen LogP contribution < -0.4 is 5.73 Å². The molecule has 12 heavy (non-hydrogen) atoms. The van der Waals surface area contributed by atoms with Crippen molar-refractivity contribution < 1.29 is 4.42 Å². The van der Waals surface area contributed by atoms with Gasteiger partial charge >= 0.3 is 0 Å². The predicted octanol–water partition coefficient (Wildman–Crippen LogP) is 1.98. The van der Waals surface area contributed by atoms with Crippen molar-refractivity contribution >= 4 is 39.3 Å². The Hall–Kier alpha value is -0.630. The van der Waals surface area contributed by atoms with Crippen LogP contribution in [0.25, 0.3) is 11.6 Å². The molecule has 0 saturated heterocycles. The third-order valence-electron chi connectivity index (χ3n) is 1.24. The highest BCUT2D eigenvalue weighted by atomic mass is 127. The first-order valence-electron chi connectivity index (χ1n) is 3.10. The molecule has 0 amide bonds. The number of hydrogen-bond acceptors (Lipinski definition) is 5. The van der Waals surface area contributed by atoms with E-state index in [1.807, 2.05) is 12.1 Å². The summed E-state index contributed by atoms with van der Waals surface area (Å²) >= 11 is 3.25. The van der Waals surface area contributed by atoms with Gasteiger partial charge in [-0.05, 0) is 34.7 Å². The first-order chi connectivity index (χ1) is 5.75. The van der Waals surface area contributed by atoms with Gasteiger partial charge in [-0.15, -0.1) is 0 Å². The van der Waals surface area contributed by atoms with E-state index in [0.717, 1.165) is 15.3 Å². The van der Waals surface area contributed by atoms with E-state index in [1.54, 1.807) is 0 Å². The molecule has 2 heterocycles. The highest BCUT2D eigenvalue weighted by Gasteiger charge is 2.07. The first kappa shape index (κ1) is 7.99. The molecule has 0 aliphatic rings. The smallest absolute Gasteiger partial charge is 0.210 e. The summed E-state index contributed by atoms with van der Waals surface area (Å²) in [6.07, 6.45) is 0. The number of anilines is 1. The number of furan rings is 1. The molecule has 0 fully saturated rings. The lowest BCUT2D eigenvalue weighted by Gasteiger charge is -1.84. The fraction of sp³-hybridized carbons (Fsp3) is 0. The maximum absolute atomic E-state index is 5.42. The van der Waals surface area contributed by atoms with Crippen molar-refractivity contribution in [3.05, 3.63) is 15.9 Å². The van der Waals surface area contributed by atoms with Crippen molar-refractivity contribution in [2.24, 2.45) is 0 Å². The maximum Gasteiger partial charge on any atom is 0.210 e. The van der Waals surface area contributed by atoms with Crippen LogP contribution in [0.3, 0.4) is 0 Å². The van der Waals surface area contributed by atoms with E-state index in [4.69, 9.17) is 10.2 Å². The lowest BCUT2D eigenvalue weighted by atomic mass is 10.4. The molecule has 0 aliphatic heterocycles. The van der Waals surface area contributed by atoms with Gasteiger partial charge in [-0.25, -0.2) is 0 Å². The molecule has 2 aromatic heterocycles. The largest absolute Gasteiger partial charge is 0.447 e. The fourth-order valence-electron chi connectivity index (χ4n) is 0.770. The molecule has 4 nitrogen and oxygen atoms in total. The van der Waals surface area contributed by atoms with E-state index < -0.39 is 0 Å². The third kappa shape index (κ3) is 1.44. The zero-order chi connectivity index (χ0) is 8.55. The average Bonchev–Trinajstić information content (AvgIpc) is 2.58. The molecule has 0 saturated carbocycles. The molecule has 0 bridgehead atoms. The number of nitrogens with two attached hydrogens (primary N) is 1. The van der Waals surface area contributed by atoms with E-state index in [0.29, 0.717) is 16.7 Å². The monoisotopic (exact) mass is 293 g/mol. The minimum atomic E-state index is 0.455. The second-order valence-electron chi connectivity index (χ2n) is 2.06. The minimum absolute atomic E-state index is 0.455. The summed E-state index contributed by atoms with van der Waals surface area (Å²) in [5.74, 6) is 1.22. The minimum Gasteiger partial charge on any atom is -0.447 e. The summed E-state index contributed by atoms with van der Waals surface area (Å²) < 4.78 is 10.1. The van der Waals surface area contributed by atoms with Crippen LogP contribution in [0.1, 0.15) is 0 Å². The molecule has 62 valence electrons. The Morgan fingerprint density at radius 2 is 2.33 bits per heavy atom. The first-order valence-corrected chi connectivity index (χ1v) is 4.96. The molecule has 0 unspecified atom stereocenters. The second kappa shape index (κ2) is 3.02. The summed E-state index contributed by atoms with van der Waals surface area (Å²) in [6.45, 7) is 0. The summed E-state index contributed by atoms with van der Waals surface area (Å²) in [5, 5.41) is 0.455. The van der Waals surface area contributed by atoms with Gasteiger partial charge in [0.2, 0.25) is 5.82 Å². The Balaban J connectivity index is 2.43. The van der Waals surface area contributed by atoms with Crippen molar-refractivity contribution in [1.29, 1.82) is 0 Å². The number of aromatic nitrogens is 2. The van der Waals surface area contributed by atoms with Gasteiger partial charge < -0.3 is 10.2 Å². The zero-order valence-corrected chi connectivity index (χ0v) is 8.79. The molecule has 2 aromatic rings. The summed E-state index contributed by atoms with van der Waals surface area (Å²) in [4.78, 5) is 3.98. The van der Waals surface area contributed by atoms with E-state index in [9.17, 15) is 0 Å². The molecule has 0 aliphatic carbocycles. The van der Waals surface area contributed by atoms with Crippen LogP contribution in [0.4, 0.5) is 5.13 Å². The van der Waals surface area contributed by atoms with Gasteiger partial charge in [0.1, 0.15) is 0 Å². The Kier molecular flexibility index (Phi) is 2.01. The van der Waals surface area contributed by atoms with Crippen molar-refractivity contribution in [2.75, 3.05) is 5.73 Å². The molecular weight excluding hydrogens is 289 g/mol. The SMILES string of the molecule is Nc1nc(-c2ccc(I)o2)ns1. The molecule has 0 radical (unpaired) electrons. The number of halogens is 1. The number of nitrogens with zero attached hydrogens (tertiary/aromatic N) is 2.